The molecule has 0 fully saturated rings. The molecule has 0 aromatic heterocycles. The van der Waals surface area contributed by atoms with Gasteiger partial charge in [0.25, 0.3) is 5.91 Å². The predicted molar refractivity (Wildman–Crippen MR) is 111 cm³/mol. The van der Waals surface area contributed by atoms with E-state index < -0.39 is 11.9 Å². The highest BCUT2D eigenvalue weighted by Gasteiger charge is 2.27. The molecule has 29 heavy (non-hydrogen) atoms. The van der Waals surface area contributed by atoms with Crippen molar-refractivity contribution in [3.63, 3.8) is 0 Å². The van der Waals surface area contributed by atoms with Gasteiger partial charge in [0.1, 0.15) is 17.6 Å². The van der Waals surface area contributed by atoms with Crippen LogP contribution in [-0.4, -0.2) is 35.9 Å². The molecule has 1 atom stereocenters. The molecule has 0 heterocycles. The SMILES string of the molecule is CCCNC(=O)[C@H](C)N(Cc1ccccc1F)C(=O)COc1ccc(C)c(C)c1. The third-order valence-electron chi connectivity index (χ3n) is 4.86. The van der Waals surface area contributed by atoms with Crippen molar-refractivity contribution in [3.8, 4) is 5.75 Å². The van der Waals surface area contributed by atoms with E-state index in [0.29, 0.717) is 17.9 Å². The van der Waals surface area contributed by atoms with E-state index in [4.69, 9.17) is 4.74 Å². The molecule has 1 N–H and O–H groups in total. The fourth-order valence-electron chi connectivity index (χ4n) is 2.82. The number of aryl methyl sites for hydroxylation is 2. The smallest absolute Gasteiger partial charge is 0.261 e. The van der Waals surface area contributed by atoms with Crippen LogP contribution in [0.5, 0.6) is 5.75 Å². The Hall–Kier alpha value is -2.89. The van der Waals surface area contributed by atoms with Crippen molar-refractivity contribution in [2.45, 2.75) is 46.7 Å². The molecule has 0 unspecified atom stereocenters. The van der Waals surface area contributed by atoms with E-state index in [1.54, 1.807) is 31.2 Å². The van der Waals surface area contributed by atoms with Crippen molar-refractivity contribution in [3.05, 3.63) is 65.0 Å². The van der Waals surface area contributed by atoms with Gasteiger partial charge in [-0.3, -0.25) is 9.59 Å². The summed E-state index contributed by atoms with van der Waals surface area (Å²) in [5.41, 5.74) is 2.54. The van der Waals surface area contributed by atoms with Gasteiger partial charge in [-0.05, 0) is 56.5 Å². The monoisotopic (exact) mass is 400 g/mol. The maximum atomic E-state index is 14.1. The van der Waals surface area contributed by atoms with Gasteiger partial charge in [0.05, 0.1) is 0 Å². The number of amides is 2. The summed E-state index contributed by atoms with van der Waals surface area (Å²) in [5, 5.41) is 2.79. The van der Waals surface area contributed by atoms with Gasteiger partial charge in [-0.2, -0.15) is 0 Å². The first kappa shape index (κ1) is 22.4. The van der Waals surface area contributed by atoms with Crippen LogP contribution in [0.4, 0.5) is 4.39 Å². The van der Waals surface area contributed by atoms with E-state index in [0.717, 1.165) is 17.5 Å². The van der Waals surface area contributed by atoms with E-state index in [9.17, 15) is 14.0 Å². The van der Waals surface area contributed by atoms with Gasteiger partial charge in [-0.15, -0.1) is 0 Å². The highest BCUT2D eigenvalue weighted by molar-refractivity contribution is 5.87. The Balaban J connectivity index is 2.15. The molecule has 156 valence electrons. The Morgan fingerprint density at radius 2 is 1.86 bits per heavy atom. The summed E-state index contributed by atoms with van der Waals surface area (Å²) in [6.07, 6.45) is 0.787. The summed E-state index contributed by atoms with van der Waals surface area (Å²) >= 11 is 0. The zero-order valence-corrected chi connectivity index (χ0v) is 17.5. The van der Waals surface area contributed by atoms with Gasteiger partial charge in [-0.25, -0.2) is 4.39 Å². The molecule has 0 aliphatic heterocycles. The quantitative estimate of drug-likeness (QED) is 0.697. The Kier molecular flexibility index (Phi) is 8.19. The van der Waals surface area contributed by atoms with Crippen molar-refractivity contribution in [2.75, 3.05) is 13.2 Å². The minimum atomic E-state index is -0.753. The van der Waals surface area contributed by atoms with E-state index >= 15 is 0 Å². The lowest BCUT2D eigenvalue weighted by Crippen LogP contribution is -2.49. The summed E-state index contributed by atoms with van der Waals surface area (Å²) in [6, 6.07) is 11.1. The van der Waals surface area contributed by atoms with Crippen LogP contribution in [0.2, 0.25) is 0 Å². The first-order chi connectivity index (χ1) is 13.8. The number of ether oxygens (including phenoxy) is 1. The molecule has 0 radical (unpaired) electrons. The summed E-state index contributed by atoms with van der Waals surface area (Å²) in [4.78, 5) is 26.7. The van der Waals surface area contributed by atoms with Crippen molar-refractivity contribution in [1.82, 2.24) is 10.2 Å². The lowest BCUT2D eigenvalue weighted by molar-refractivity contribution is -0.142. The van der Waals surface area contributed by atoms with Gasteiger partial charge in [0.2, 0.25) is 5.91 Å². The van der Waals surface area contributed by atoms with Crippen LogP contribution in [0.15, 0.2) is 42.5 Å². The molecule has 2 aromatic rings. The third-order valence-corrected chi connectivity index (χ3v) is 4.86. The minimum Gasteiger partial charge on any atom is -0.484 e. The Morgan fingerprint density at radius 3 is 2.52 bits per heavy atom. The molecule has 0 spiro atoms. The highest BCUT2D eigenvalue weighted by Crippen LogP contribution is 2.18. The molecule has 6 heteroatoms. The fourth-order valence-corrected chi connectivity index (χ4v) is 2.82. The van der Waals surface area contributed by atoms with Gasteiger partial charge in [0.15, 0.2) is 6.61 Å². The molecule has 0 aliphatic rings. The molecule has 0 aliphatic carbocycles. The van der Waals surface area contributed by atoms with Crippen LogP contribution >= 0.6 is 0 Å². The highest BCUT2D eigenvalue weighted by atomic mass is 19.1. The summed E-state index contributed by atoms with van der Waals surface area (Å²) in [6.45, 7) is 7.82. The number of hydrogen-bond donors (Lipinski definition) is 1. The van der Waals surface area contributed by atoms with Crippen LogP contribution in [-0.2, 0) is 16.1 Å². The Labute approximate surface area is 171 Å². The molecule has 0 bridgehead atoms. The molecule has 2 rings (SSSR count). The minimum absolute atomic E-state index is 0.0114. The fraction of sp³-hybridized carbons (Fsp3) is 0.391. The number of rotatable bonds is 9. The second-order valence-electron chi connectivity index (χ2n) is 7.11. The number of benzene rings is 2. The van der Waals surface area contributed by atoms with Crippen molar-refractivity contribution < 1.29 is 18.7 Å². The zero-order valence-electron chi connectivity index (χ0n) is 17.5. The molecular weight excluding hydrogens is 371 g/mol. The normalized spacial score (nSPS) is 11.6. The van der Waals surface area contributed by atoms with Crippen molar-refractivity contribution >= 4 is 11.8 Å². The van der Waals surface area contributed by atoms with Crippen LogP contribution in [0, 0.1) is 19.7 Å². The molecule has 5 nitrogen and oxygen atoms in total. The maximum Gasteiger partial charge on any atom is 0.261 e. The molecule has 0 saturated heterocycles. The first-order valence-corrected chi connectivity index (χ1v) is 9.84. The van der Waals surface area contributed by atoms with Gasteiger partial charge >= 0.3 is 0 Å². The van der Waals surface area contributed by atoms with E-state index in [-0.39, 0.29) is 25.0 Å². The number of hydrogen-bond acceptors (Lipinski definition) is 3. The maximum absolute atomic E-state index is 14.1. The first-order valence-electron chi connectivity index (χ1n) is 9.84. The van der Waals surface area contributed by atoms with Crippen molar-refractivity contribution in [2.24, 2.45) is 0 Å². The number of carbonyl (C=O) groups excluding carboxylic acids is 2. The van der Waals surface area contributed by atoms with Gasteiger partial charge in [0, 0.05) is 18.7 Å². The summed E-state index contributed by atoms with van der Waals surface area (Å²) in [7, 11) is 0. The molecule has 2 amide bonds. The lowest BCUT2D eigenvalue weighted by Gasteiger charge is -2.29. The number of carbonyl (C=O) groups is 2. The van der Waals surface area contributed by atoms with E-state index in [1.807, 2.05) is 32.9 Å². The number of halogens is 1. The van der Waals surface area contributed by atoms with Crippen LogP contribution < -0.4 is 10.1 Å². The number of nitrogens with zero attached hydrogens (tertiary/aromatic N) is 1. The molecular formula is C23H29FN2O3. The van der Waals surface area contributed by atoms with Gasteiger partial charge < -0.3 is 15.0 Å². The second-order valence-corrected chi connectivity index (χ2v) is 7.11. The lowest BCUT2D eigenvalue weighted by atomic mass is 10.1. The Bertz CT molecular complexity index is 854. The summed E-state index contributed by atoms with van der Waals surface area (Å²) < 4.78 is 19.8. The van der Waals surface area contributed by atoms with Gasteiger partial charge in [-0.1, -0.05) is 31.2 Å². The van der Waals surface area contributed by atoms with Crippen molar-refractivity contribution in [1.29, 1.82) is 0 Å². The summed E-state index contributed by atoms with van der Waals surface area (Å²) in [5.74, 6) is -0.495. The topological polar surface area (TPSA) is 58.6 Å². The van der Waals surface area contributed by atoms with E-state index in [2.05, 4.69) is 5.32 Å². The average Bonchev–Trinajstić information content (AvgIpc) is 2.71. The molecule has 2 aromatic carbocycles. The zero-order chi connectivity index (χ0) is 21.4. The number of nitrogens with one attached hydrogen (secondary N) is 1. The predicted octanol–water partition coefficient (Wildman–Crippen LogP) is 3.76. The standard InChI is InChI=1S/C23H29FN2O3/c1-5-12-25-23(28)18(4)26(14-19-8-6-7-9-21(19)24)22(27)15-29-20-11-10-16(2)17(3)13-20/h6-11,13,18H,5,12,14-15H2,1-4H3,(H,25,28)/t18-/m0/s1. The average molecular weight is 400 g/mol. The van der Waals surface area contributed by atoms with E-state index in [1.165, 1.54) is 11.0 Å². The largest absolute Gasteiger partial charge is 0.484 e. The van der Waals surface area contributed by atoms with Crippen LogP contribution in [0.1, 0.15) is 37.0 Å². The Morgan fingerprint density at radius 1 is 1.14 bits per heavy atom. The van der Waals surface area contributed by atoms with Crippen LogP contribution in [0.25, 0.3) is 0 Å². The third kappa shape index (κ3) is 6.31. The molecule has 0 saturated carbocycles. The van der Waals surface area contributed by atoms with Crippen LogP contribution in [0.3, 0.4) is 0 Å². The second kappa shape index (κ2) is 10.6.